The number of carbonyl (C=O) groups is 1. The number of hydrogen-bond donors (Lipinski definition) is 1. The molecule has 1 amide bonds. The van der Waals surface area contributed by atoms with Crippen LogP contribution in [0.25, 0.3) is 0 Å². The molecule has 3 fully saturated rings. The van der Waals surface area contributed by atoms with Gasteiger partial charge < -0.3 is 10.1 Å². The van der Waals surface area contributed by atoms with Crippen molar-refractivity contribution < 1.29 is 18.3 Å². The van der Waals surface area contributed by atoms with Gasteiger partial charge in [0.25, 0.3) is 0 Å². The Morgan fingerprint density at radius 2 is 1.85 bits per heavy atom. The standard InChI is InChI=1S/C21H28F2N2O2/c22-21(23)12-17(13-21)19(26)24-18-6-11-27-20(14-18)7-9-25(10-8-20)15-16-4-2-1-3-5-16/h1-5,17-18H,6-15H2,(H,24,26). The Labute approximate surface area is 159 Å². The Morgan fingerprint density at radius 3 is 2.52 bits per heavy atom. The van der Waals surface area contributed by atoms with Crippen LogP contribution in [0.4, 0.5) is 8.78 Å². The maximum absolute atomic E-state index is 13.0. The number of rotatable bonds is 4. The van der Waals surface area contributed by atoms with Gasteiger partial charge in [-0.2, -0.15) is 0 Å². The Balaban J connectivity index is 1.26. The predicted octanol–water partition coefficient (Wildman–Crippen LogP) is 3.36. The van der Waals surface area contributed by atoms with E-state index < -0.39 is 11.8 Å². The first-order valence-corrected chi connectivity index (χ1v) is 10.0. The third kappa shape index (κ3) is 4.49. The van der Waals surface area contributed by atoms with E-state index in [1.54, 1.807) is 0 Å². The molecule has 27 heavy (non-hydrogen) atoms. The van der Waals surface area contributed by atoms with E-state index in [0.29, 0.717) is 6.61 Å². The van der Waals surface area contributed by atoms with E-state index in [0.717, 1.165) is 45.3 Å². The van der Waals surface area contributed by atoms with Gasteiger partial charge in [-0.05, 0) is 31.2 Å². The molecule has 2 saturated heterocycles. The van der Waals surface area contributed by atoms with Gasteiger partial charge >= 0.3 is 0 Å². The summed E-state index contributed by atoms with van der Waals surface area (Å²) in [5.41, 5.74) is 1.15. The highest BCUT2D eigenvalue weighted by Crippen LogP contribution is 2.43. The fraction of sp³-hybridized carbons (Fsp3) is 0.667. The van der Waals surface area contributed by atoms with Crippen molar-refractivity contribution in [2.75, 3.05) is 19.7 Å². The molecule has 1 atom stereocenters. The lowest BCUT2D eigenvalue weighted by atomic mass is 9.79. The second kappa shape index (κ2) is 7.47. The molecule has 1 aromatic rings. The summed E-state index contributed by atoms with van der Waals surface area (Å²) in [6.07, 6.45) is 2.86. The molecule has 0 radical (unpaired) electrons. The molecule has 1 N–H and O–H groups in total. The highest BCUT2D eigenvalue weighted by molar-refractivity contribution is 5.80. The van der Waals surface area contributed by atoms with Crippen LogP contribution in [-0.4, -0.2) is 48.1 Å². The van der Waals surface area contributed by atoms with Crippen molar-refractivity contribution in [3.8, 4) is 0 Å². The van der Waals surface area contributed by atoms with E-state index in [4.69, 9.17) is 4.74 Å². The van der Waals surface area contributed by atoms with Crippen LogP contribution >= 0.6 is 0 Å². The number of carbonyl (C=O) groups excluding carboxylic acids is 1. The maximum atomic E-state index is 13.0. The minimum absolute atomic E-state index is 0.0427. The van der Waals surface area contributed by atoms with Gasteiger partial charge in [-0.15, -0.1) is 0 Å². The number of piperidine rings is 1. The first-order chi connectivity index (χ1) is 12.9. The van der Waals surface area contributed by atoms with Crippen molar-refractivity contribution in [1.82, 2.24) is 10.2 Å². The first kappa shape index (κ1) is 18.8. The SMILES string of the molecule is O=C(NC1CCOC2(CCN(Cc3ccccc3)CC2)C1)C1CC(F)(F)C1. The number of hydrogen-bond acceptors (Lipinski definition) is 3. The summed E-state index contributed by atoms with van der Waals surface area (Å²) < 4.78 is 32.2. The Morgan fingerprint density at radius 1 is 1.15 bits per heavy atom. The van der Waals surface area contributed by atoms with E-state index >= 15 is 0 Å². The van der Waals surface area contributed by atoms with Gasteiger partial charge in [0.15, 0.2) is 0 Å². The Kier molecular flexibility index (Phi) is 5.21. The Hall–Kier alpha value is -1.53. The zero-order chi connectivity index (χ0) is 18.9. The summed E-state index contributed by atoms with van der Waals surface area (Å²) in [7, 11) is 0. The van der Waals surface area contributed by atoms with Gasteiger partial charge in [-0.25, -0.2) is 8.78 Å². The van der Waals surface area contributed by atoms with Crippen LogP contribution in [0, 0.1) is 5.92 Å². The molecule has 148 valence electrons. The molecule has 0 aromatic heterocycles. The minimum Gasteiger partial charge on any atom is -0.375 e. The summed E-state index contributed by atoms with van der Waals surface area (Å²) in [5, 5.41) is 3.02. The molecule has 1 spiro atoms. The number of likely N-dealkylation sites (tertiary alicyclic amines) is 1. The van der Waals surface area contributed by atoms with Crippen molar-refractivity contribution in [3.05, 3.63) is 35.9 Å². The van der Waals surface area contributed by atoms with Gasteiger partial charge in [0.05, 0.1) is 5.60 Å². The molecule has 2 aliphatic heterocycles. The number of ether oxygens (including phenoxy) is 1. The Bertz CT molecular complexity index is 651. The summed E-state index contributed by atoms with van der Waals surface area (Å²) in [6, 6.07) is 10.5. The summed E-state index contributed by atoms with van der Waals surface area (Å²) in [4.78, 5) is 14.7. The summed E-state index contributed by atoms with van der Waals surface area (Å²) >= 11 is 0. The number of nitrogens with zero attached hydrogens (tertiary/aromatic N) is 1. The summed E-state index contributed by atoms with van der Waals surface area (Å²) in [5.74, 6) is -3.37. The van der Waals surface area contributed by atoms with Gasteiger partial charge in [0, 0.05) is 51.0 Å². The summed E-state index contributed by atoms with van der Waals surface area (Å²) in [6.45, 7) is 3.53. The quantitative estimate of drug-likeness (QED) is 0.874. The second-order valence-electron chi connectivity index (χ2n) is 8.45. The first-order valence-electron chi connectivity index (χ1n) is 10.0. The molecule has 4 rings (SSSR count). The van der Waals surface area contributed by atoms with Gasteiger partial charge in [0.2, 0.25) is 11.8 Å². The van der Waals surface area contributed by atoms with Crippen molar-refractivity contribution >= 4 is 5.91 Å². The monoisotopic (exact) mass is 378 g/mol. The second-order valence-corrected chi connectivity index (χ2v) is 8.45. The molecule has 6 heteroatoms. The van der Waals surface area contributed by atoms with E-state index in [-0.39, 0.29) is 30.4 Å². The van der Waals surface area contributed by atoms with Crippen molar-refractivity contribution in [1.29, 1.82) is 0 Å². The zero-order valence-corrected chi connectivity index (χ0v) is 15.6. The predicted molar refractivity (Wildman–Crippen MR) is 98.5 cm³/mol. The molecule has 1 saturated carbocycles. The van der Waals surface area contributed by atoms with Crippen LogP contribution in [0.2, 0.25) is 0 Å². The van der Waals surface area contributed by atoms with Gasteiger partial charge in [-0.1, -0.05) is 30.3 Å². The molecule has 3 aliphatic rings. The van der Waals surface area contributed by atoms with Crippen LogP contribution < -0.4 is 5.32 Å². The molecular weight excluding hydrogens is 350 g/mol. The molecule has 1 aromatic carbocycles. The zero-order valence-electron chi connectivity index (χ0n) is 15.6. The van der Waals surface area contributed by atoms with Crippen molar-refractivity contribution in [2.45, 2.75) is 62.6 Å². The molecule has 1 aliphatic carbocycles. The van der Waals surface area contributed by atoms with Crippen LogP contribution in [0.5, 0.6) is 0 Å². The van der Waals surface area contributed by atoms with E-state index in [1.807, 2.05) is 6.07 Å². The number of alkyl halides is 2. The van der Waals surface area contributed by atoms with E-state index in [1.165, 1.54) is 5.56 Å². The largest absolute Gasteiger partial charge is 0.375 e. The van der Waals surface area contributed by atoms with E-state index in [2.05, 4.69) is 34.5 Å². The lowest BCUT2D eigenvalue weighted by molar-refractivity contribution is -0.154. The van der Waals surface area contributed by atoms with Crippen molar-refractivity contribution in [3.63, 3.8) is 0 Å². The fourth-order valence-electron chi connectivity index (χ4n) is 4.63. The highest BCUT2D eigenvalue weighted by atomic mass is 19.3. The topological polar surface area (TPSA) is 41.6 Å². The highest BCUT2D eigenvalue weighted by Gasteiger charge is 2.49. The molecule has 1 unspecified atom stereocenters. The molecule has 2 heterocycles. The smallest absolute Gasteiger partial charge is 0.249 e. The van der Waals surface area contributed by atoms with Crippen LogP contribution in [0.15, 0.2) is 30.3 Å². The average Bonchev–Trinajstić information content (AvgIpc) is 2.63. The van der Waals surface area contributed by atoms with Crippen LogP contribution in [0.1, 0.15) is 44.1 Å². The minimum atomic E-state index is -2.65. The van der Waals surface area contributed by atoms with E-state index in [9.17, 15) is 13.6 Å². The lowest BCUT2D eigenvalue weighted by Crippen LogP contribution is -2.55. The number of amides is 1. The number of nitrogens with one attached hydrogen (secondary N) is 1. The maximum Gasteiger partial charge on any atom is 0.249 e. The third-order valence-corrected chi connectivity index (χ3v) is 6.32. The van der Waals surface area contributed by atoms with Gasteiger partial charge in [0.1, 0.15) is 0 Å². The lowest BCUT2D eigenvalue weighted by Gasteiger charge is -2.46. The fourth-order valence-corrected chi connectivity index (χ4v) is 4.63. The number of benzene rings is 1. The molecule has 0 bridgehead atoms. The van der Waals surface area contributed by atoms with Crippen molar-refractivity contribution in [2.24, 2.45) is 5.92 Å². The molecule has 4 nitrogen and oxygen atoms in total. The normalized spacial score (nSPS) is 27.9. The number of halogens is 2. The van der Waals surface area contributed by atoms with Crippen LogP contribution in [0.3, 0.4) is 0 Å². The average molecular weight is 378 g/mol. The molecular formula is C21H28F2N2O2. The van der Waals surface area contributed by atoms with Crippen LogP contribution in [-0.2, 0) is 16.1 Å². The van der Waals surface area contributed by atoms with Gasteiger partial charge in [-0.3, -0.25) is 9.69 Å². The third-order valence-electron chi connectivity index (χ3n) is 6.32.